The van der Waals surface area contributed by atoms with Gasteiger partial charge in [-0.3, -0.25) is 4.79 Å². The van der Waals surface area contributed by atoms with E-state index in [1.807, 2.05) is 0 Å². The minimum Gasteiger partial charge on any atom is -0.432 e. The molecule has 0 aliphatic rings. The van der Waals surface area contributed by atoms with E-state index < -0.39 is 0 Å². The van der Waals surface area contributed by atoms with Crippen molar-refractivity contribution in [3.63, 3.8) is 0 Å². The summed E-state index contributed by atoms with van der Waals surface area (Å²) in [5, 5.41) is 2.98. The number of aromatic nitrogens is 1. The maximum Gasteiger partial charge on any atom is 0.299 e. The second kappa shape index (κ2) is 5.01. The van der Waals surface area contributed by atoms with Crippen LogP contribution in [0.1, 0.15) is 23.0 Å². The van der Waals surface area contributed by atoms with Crippen LogP contribution in [0.4, 0.5) is 11.7 Å². The highest BCUT2D eigenvalue weighted by atomic mass is 35.5. The third-order valence-electron chi connectivity index (χ3n) is 2.23. The molecule has 0 bridgehead atoms. The molecule has 0 unspecified atom stereocenters. The molecule has 0 saturated heterocycles. The molecule has 0 aliphatic carbocycles. The second-order valence-corrected chi connectivity index (χ2v) is 3.80. The van der Waals surface area contributed by atoms with Crippen LogP contribution in [0.5, 0.6) is 0 Å². The molecule has 17 heavy (non-hydrogen) atoms. The largest absolute Gasteiger partial charge is 0.432 e. The fraction of sp³-hybridized carbons (Fsp3) is 0.167. The summed E-state index contributed by atoms with van der Waals surface area (Å²) >= 11 is 5.61. The number of benzene rings is 1. The zero-order chi connectivity index (χ0) is 12.3. The summed E-state index contributed by atoms with van der Waals surface area (Å²) in [4.78, 5) is 15.2. The molecule has 5 heteroatoms. The van der Waals surface area contributed by atoms with E-state index in [1.165, 1.54) is 13.2 Å². The first-order chi connectivity index (χ1) is 8.19. The molecule has 2 rings (SSSR count). The summed E-state index contributed by atoms with van der Waals surface area (Å²) in [7, 11) is 0. The Morgan fingerprint density at radius 3 is 2.65 bits per heavy atom. The number of halogens is 1. The standard InChI is InChI=1S/C12H11ClN2O2/c1-8(16)9-2-4-10(5-3-9)14-12-15-11(6-13)7-17-12/h2-5,7H,6H2,1H3,(H,14,15). The molecule has 2 aromatic rings. The monoisotopic (exact) mass is 250 g/mol. The highest BCUT2D eigenvalue weighted by molar-refractivity contribution is 6.16. The molecule has 0 atom stereocenters. The number of nitrogens with one attached hydrogen (secondary N) is 1. The van der Waals surface area contributed by atoms with Crippen LogP contribution in [0.15, 0.2) is 34.9 Å². The quantitative estimate of drug-likeness (QED) is 0.668. The molecule has 0 aliphatic heterocycles. The third-order valence-corrected chi connectivity index (χ3v) is 2.51. The van der Waals surface area contributed by atoms with Gasteiger partial charge in [0.15, 0.2) is 5.78 Å². The van der Waals surface area contributed by atoms with Crippen LogP contribution < -0.4 is 5.32 Å². The van der Waals surface area contributed by atoms with E-state index in [1.54, 1.807) is 24.3 Å². The van der Waals surface area contributed by atoms with Gasteiger partial charge in [0.05, 0.1) is 11.6 Å². The first kappa shape index (κ1) is 11.7. The van der Waals surface area contributed by atoms with Gasteiger partial charge >= 0.3 is 0 Å². The second-order valence-electron chi connectivity index (χ2n) is 3.54. The van der Waals surface area contributed by atoms with Crippen molar-refractivity contribution in [1.82, 2.24) is 4.98 Å². The molecule has 1 aromatic heterocycles. The summed E-state index contributed by atoms with van der Waals surface area (Å²) in [5.41, 5.74) is 2.15. The van der Waals surface area contributed by atoms with Crippen molar-refractivity contribution < 1.29 is 9.21 Å². The van der Waals surface area contributed by atoms with Gasteiger partial charge in [0.2, 0.25) is 0 Å². The molecular weight excluding hydrogens is 240 g/mol. The minimum atomic E-state index is 0.0390. The lowest BCUT2D eigenvalue weighted by atomic mass is 10.1. The SMILES string of the molecule is CC(=O)c1ccc(Nc2nc(CCl)co2)cc1. The van der Waals surface area contributed by atoms with E-state index in [9.17, 15) is 4.79 Å². The Labute approximate surface area is 104 Å². The molecular formula is C12H11ClN2O2. The minimum absolute atomic E-state index is 0.0390. The fourth-order valence-electron chi connectivity index (χ4n) is 1.34. The van der Waals surface area contributed by atoms with Crippen LogP contribution >= 0.6 is 11.6 Å². The maximum absolute atomic E-state index is 11.1. The van der Waals surface area contributed by atoms with Crippen molar-refractivity contribution >= 4 is 29.1 Å². The highest BCUT2D eigenvalue weighted by Gasteiger charge is 2.04. The molecule has 1 N–H and O–H groups in total. The molecule has 1 heterocycles. The fourth-order valence-corrected chi connectivity index (χ4v) is 1.46. The van der Waals surface area contributed by atoms with E-state index in [0.717, 1.165) is 5.69 Å². The van der Waals surface area contributed by atoms with E-state index in [-0.39, 0.29) is 5.78 Å². The predicted octanol–water partition coefficient (Wildman–Crippen LogP) is 3.36. The van der Waals surface area contributed by atoms with Crippen molar-refractivity contribution in [1.29, 1.82) is 0 Å². The summed E-state index contributed by atoms with van der Waals surface area (Å²) in [5.74, 6) is 0.353. The van der Waals surface area contributed by atoms with Crippen LogP contribution in [0.2, 0.25) is 0 Å². The number of hydrogen-bond donors (Lipinski definition) is 1. The van der Waals surface area contributed by atoms with Crippen LogP contribution in [0, 0.1) is 0 Å². The first-order valence-corrected chi connectivity index (χ1v) is 5.61. The van der Waals surface area contributed by atoms with Crippen molar-refractivity contribution in [3.8, 4) is 0 Å². The lowest BCUT2D eigenvalue weighted by molar-refractivity contribution is 0.101. The number of alkyl halides is 1. The molecule has 4 nitrogen and oxygen atoms in total. The summed E-state index contributed by atoms with van der Waals surface area (Å²) in [6, 6.07) is 7.46. The Morgan fingerprint density at radius 1 is 1.41 bits per heavy atom. The van der Waals surface area contributed by atoms with E-state index in [2.05, 4.69) is 10.3 Å². The van der Waals surface area contributed by atoms with Gasteiger partial charge in [0, 0.05) is 11.3 Å². The Morgan fingerprint density at radius 2 is 2.12 bits per heavy atom. The van der Waals surface area contributed by atoms with Gasteiger partial charge in [-0.05, 0) is 31.2 Å². The maximum atomic E-state index is 11.1. The van der Waals surface area contributed by atoms with E-state index in [4.69, 9.17) is 16.0 Å². The van der Waals surface area contributed by atoms with E-state index in [0.29, 0.717) is 23.2 Å². The topological polar surface area (TPSA) is 55.1 Å². The smallest absolute Gasteiger partial charge is 0.299 e. The van der Waals surface area contributed by atoms with E-state index >= 15 is 0 Å². The van der Waals surface area contributed by atoms with Gasteiger partial charge in [0.25, 0.3) is 6.01 Å². The molecule has 0 radical (unpaired) electrons. The van der Waals surface area contributed by atoms with Crippen LogP contribution in [0.3, 0.4) is 0 Å². The predicted molar refractivity (Wildman–Crippen MR) is 65.8 cm³/mol. The first-order valence-electron chi connectivity index (χ1n) is 5.07. The number of anilines is 2. The number of nitrogens with zero attached hydrogens (tertiary/aromatic N) is 1. The molecule has 88 valence electrons. The Kier molecular flexibility index (Phi) is 3.44. The summed E-state index contributed by atoms with van der Waals surface area (Å²) in [6.45, 7) is 1.53. The third kappa shape index (κ3) is 2.85. The lowest BCUT2D eigenvalue weighted by Gasteiger charge is -2.01. The number of oxazole rings is 1. The number of carbonyl (C=O) groups excluding carboxylic acids is 1. The van der Waals surface area contributed by atoms with Gasteiger partial charge in [0.1, 0.15) is 6.26 Å². The number of rotatable bonds is 4. The molecule has 0 fully saturated rings. The molecule has 0 amide bonds. The van der Waals surface area contributed by atoms with Gasteiger partial charge in [-0.1, -0.05) is 0 Å². The lowest BCUT2D eigenvalue weighted by Crippen LogP contribution is -1.94. The Bertz CT molecular complexity index is 520. The van der Waals surface area contributed by atoms with Gasteiger partial charge in [-0.15, -0.1) is 11.6 Å². The van der Waals surface area contributed by atoms with Crippen LogP contribution in [-0.4, -0.2) is 10.8 Å². The number of carbonyl (C=O) groups is 1. The molecule has 1 aromatic carbocycles. The van der Waals surface area contributed by atoms with Crippen LogP contribution in [0.25, 0.3) is 0 Å². The van der Waals surface area contributed by atoms with Crippen LogP contribution in [-0.2, 0) is 5.88 Å². The van der Waals surface area contributed by atoms with Crippen molar-refractivity contribution in [2.45, 2.75) is 12.8 Å². The zero-order valence-electron chi connectivity index (χ0n) is 9.24. The average molecular weight is 251 g/mol. The Balaban J connectivity index is 2.10. The van der Waals surface area contributed by atoms with Crippen molar-refractivity contribution in [2.75, 3.05) is 5.32 Å². The van der Waals surface area contributed by atoms with Gasteiger partial charge < -0.3 is 9.73 Å². The van der Waals surface area contributed by atoms with Gasteiger partial charge in [-0.2, -0.15) is 4.98 Å². The number of ketones is 1. The summed E-state index contributed by atoms with van der Waals surface area (Å²) in [6.07, 6.45) is 1.50. The summed E-state index contributed by atoms with van der Waals surface area (Å²) < 4.78 is 5.16. The number of Topliss-reactive ketones (excluding diaryl/α,β-unsaturated/α-hetero) is 1. The molecule has 0 spiro atoms. The van der Waals surface area contributed by atoms with Crippen molar-refractivity contribution in [3.05, 3.63) is 41.8 Å². The number of hydrogen-bond acceptors (Lipinski definition) is 4. The zero-order valence-corrected chi connectivity index (χ0v) is 9.99. The van der Waals surface area contributed by atoms with Crippen molar-refractivity contribution in [2.24, 2.45) is 0 Å². The Hall–Kier alpha value is -1.81. The molecule has 0 saturated carbocycles. The average Bonchev–Trinajstić information content (AvgIpc) is 2.77. The normalized spacial score (nSPS) is 10.2. The highest BCUT2D eigenvalue weighted by Crippen LogP contribution is 2.17. The van der Waals surface area contributed by atoms with Gasteiger partial charge in [-0.25, -0.2) is 0 Å².